The first-order chi connectivity index (χ1) is 12.0. The van der Waals surface area contributed by atoms with Crippen LogP contribution < -0.4 is 0 Å². The van der Waals surface area contributed by atoms with Crippen LogP contribution in [0.1, 0.15) is 53.5 Å². The van der Waals surface area contributed by atoms with E-state index in [0.717, 1.165) is 23.4 Å². The van der Waals surface area contributed by atoms with Gasteiger partial charge in [0.15, 0.2) is 5.78 Å². The first-order valence-corrected chi connectivity index (χ1v) is 9.43. The molecule has 3 aromatic rings. The summed E-state index contributed by atoms with van der Waals surface area (Å²) in [5, 5.41) is 5.00. The number of carbonyl (C=O) groups excluding carboxylic acids is 1. The lowest BCUT2D eigenvalue weighted by molar-refractivity contribution is 0.102. The number of aryl methyl sites for hydroxylation is 2. The molecule has 0 aliphatic carbocycles. The fourth-order valence-electron chi connectivity index (χ4n) is 2.66. The molecule has 0 aliphatic rings. The van der Waals surface area contributed by atoms with Crippen LogP contribution in [-0.4, -0.2) is 31.1 Å². The number of Topliss-reactive ketones (excluding diaryl/α,β-unsaturated/α-hetero) is 1. The number of fused-ring (bicyclic) bond motifs is 1. The average Bonchev–Trinajstić information content (AvgIpc) is 3.02. The molecule has 0 bridgehead atoms. The van der Waals surface area contributed by atoms with Crippen molar-refractivity contribution in [1.29, 1.82) is 0 Å². The van der Waals surface area contributed by atoms with Gasteiger partial charge in [0.2, 0.25) is 5.16 Å². The summed E-state index contributed by atoms with van der Waals surface area (Å²) in [6.45, 7) is 8.26. The van der Waals surface area contributed by atoms with Gasteiger partial charge in [0.25, 0.3) is 5.78 Å². The Balaban J connectivity index is 1.69. The zero-order chi connectivity index (χ0) is 18.0. The Bertz CT molecular complexity index is 902. The summed E-state index contributed by atoms with van der Waals surface area (Å²) in [5.74, 6) is 1.49. The second-order valence-electron chi connectivity index (χ2n) is 6.29. The summed E-state index contributed by atoms with van der Waals surface area (Å²) in [6.07, 6.45) is 1.09. The van der Waals surface area contributed by atoms with Gasteiger partial charge in [-0.05, 0) is 37.8 Å². The van der Waals surface area contributed by atoms with Crippen LogP contribution in [0.3, 0.4) is 0 Å². The first kappa shape index (κ1) is 17.6. The zero-order valence-electron chi connectivity index (χ0n) is 15.0. The molecule has 130 valence electrons. The van der Waals surface area contributed by atoms with Crippen LogP contribution in [0.25, 0.3) is 5.78 Å². The highest BCUT2D eigenvalue weighted by Crippen LogP contribution is 2.21. The van der Waals surface area contributed by atoms with Gasteiger partial charge in [0.1, 0.15) is 0 Å². The Labute approximate surface area is 151 Å². The van der Waals surface area contributed by atoms with E-state index in [9.17, 15) is 4.79 Å². The molecular formula is C19H22N4OS. The van der Waals surface area contributed by atoms with Crippen molar-refractivity contribution in [2.75, 3.05) is 5.75 Å². The Kier molecular flexibility index (Phi) is 5.18. The van der Waals surface area contributed by atoms with Crippen LogP contribution in [0, 0.1) is 13.8 Å². The monoisotopic (exact) mass is 354 g/mol. The normalized spacial score (nSPS) is 12.5. The smallest absolute Gasteiger partial charge is 0.253 e. The van der Waals surface area contributed by atoms with E-state index < -0.39 is 0 Å². The highest BCUT2D eigenvalue weighted by atomic mass is 32.2. The minimum Gasteiger partial charge on any atom is -0.293 e. The van der Waals surface area contributed by atoms with E-state index in [1.165, 1.54) is 17.3 Å². The Morgan fingerprint density at radius 2 is 1.92 bits per heavy atom. The number of rotatable bonds is 6. The first-order valence-electron chi connectivity index (χ1n) is 8.45. The van der Waals surface area contributed by atoms with Crippen LogP contribution >= 0.6 is 11.8 Å². The molecule has 0 radical (unpaired) electrons. The maximum absolute atomic E-state index is 12.4. The molecule has 0 amide bonds. The summed E-state index contributed by atoms with van der Waals surface area (Å²) >= 11 is 1.35. The SMILES string of the molecule is CC[C@H](C)c1ccc(C(=O)CSc2nc3nc(C)cc(C)n3n2)cc1. The topological polar surface area (TPSA) is 60.2 Å². The Morgan fingerprint density at radius 3 is 2.60 bits per heavy atom. The van der Waals surface area contributed by atoms with E-state index >= 15 is 0 Å². The molecule has 0 unspecified atom stereocenters. The van der Waals surface area contributed by atoms with Gasteiger partial charge in [-0.1, -0.05) is 49.9 Å². The lowest BCUT2D eigenvalue weighted by atomic mass is 9.97. The number of thioether (sulfide) groups is 1. The highest BCUT2D eigenvalue weighted by Gasteiger charge is 2.12. The molecule has 0 aliphatic heterocycles. The number of benzene rings is 1. The maximum atomic E-state index is 12.4. The van der Waals surface area contributed by atoms with Gasteiger partial charge in [-0.15, -0.1) is 5.10 Å². The van der Waals surface area contributed by atoms with E-state index in [0.29, 0.717) is 22.6 Å². The molecule has 0 N–H and O–H groups in total. The molecule has 3 rings (SSSR count). The minimum absolute atomic E-state index is 0.0837. The van der Waals surface area contributed by atoms with Gasteiger partial charge in [-0.25, -0.2) is 9.50 Å². The molecule has 0 spiro atoms. The van der Waals surface area contributed by atoms with Crippen LogP contribution in [0.5, 0.6) is 0 Å². The van der Waals surface area contributed by atoms with Crippen molar-refractivity contribution in [3.05, 3.63) is 52.8 Å². The standard InChI is InChI=1S/C19H22N4OS/c1-5-12(2)15-6-8-16(9-7-15)17(24)11-25-19-21-18-20-13(3)10-14(4)23(18)22-19/h6-10,12H,5,11H2,1-4H3/t12-/m0/s1. The van der Waals surface area contributed by atoms with Crippen molar-refractivity contribution in [2.24, 2.45) is 0 Å². The second kappa shape index (κ2) is 7.35. The predicted octanol–water partition coefficient (Wildman–Crippen LogP) is 4.23. The molecule has 1 atom stereocenters. The van der Waals surface area contributed by atoms with Gasteiger partial charge in [-0.3, -0.25) is 4.79 Å². The zero-order valence-corrected chi connectivity index (χ0v) is 15.8. The summed E-state index contributed by atoms with van der Waals surface area (Å²) in [6, 6.07) is 9.88. The largest absolute Gasteiger partial charge is 0.293 e. The van der Waals surface area contributed by atoms with Crippen LogP contribution in [-0.2, 0) is 0 Å². The molecule has 25 heavy (non-hydrogen) atoms. The fraction of sp³-hybridized carbons (Fsp3) is 0.368. The number of ketones is 1. The number of carbonyl (C=O) groups is 1. The van der Waals surface area contributed by atoms with Gasteiger partial charge >= 0.3 is 0 Å². The summed E-state index contributed by atoms with van der Waals surface area (Å²) in [4.78, 5) is 21.2. The molecule has 5 nitrogen and oxygen atoms in total. The quantitative estimate of drug-likeness (QED) is 0.490. The molecule has 0 fully saturated rings. The van der Waals surface area contributed by atoms with Crippen LogP contribution in [0.4, 0.5) is 0 Å². The van der Waals surface area contributed by atoms with Crippen molar-refractivity contribution in [3.63, 3.8) is 0 Å². The Hall–Kier alpha value is -2.21. The van der Waals surface area contributed by atoms with Crippen LogP contribution in [0.2, 0.25) is 0 Å². The molecule has 2 aromatic heterocycles. The van der Waals surface area contributed by atoms with Gasteiger partial charge < -0.3 is 0 Å². The molecular weight excluding hydrogens is 332 g/mol. The van der Waals surface area contributed by atoms with Crippen molar-refractivity contribution in [1.82, 2.24) is 19.6 Å². The third-order valence-corrected chi connectivity index (χ3v) is 5.18. The van der Waals surface area contributed by atoms with Gasteiger partial charge in [0, 0.05) is 17.0 Å². The average molecular weight is 354 g/mol. The van der Waals surface area contributed by atoms with Crippen molar-refractivity contribution in [3.8, 4) is 0 Å². The molecule has 2 heterocycles. The number of hydrogen-bond acceptors (Lipinski definition) is 5. The highest BCUT2D eigenvalue weighted by molar-refractivity contribution is 7.99. The summed E-state index contributed by atoms with van der Waals surface area (Å²) in [7, 11) is 0. The van der Waals surface area contributed by atoms with E-state index in [-0.39, 0.29) is 5.78 Å². The number of aromatic nitrogens is 4. The van der Waals surface area contributed by atoms with E-state index in [1.54, 1.807) is 4.52 Å². The predicted molar refractivity (Wildman–Crippen MR) is 100 cm³/mol. The molecule has 0 saturated heterocycles. The fourth-order valence-corrected chi connectivity index (χ4v) is 3.37. The lowest BCUT2D eigenvalue weighted by Gasteiger charge is -2.09. The van der Waals surface area contributed by atoms with E-state index in [2.05, 4.69) is 28.9 Å². The lowest BCUT2D eigenvalue weighted by Crippen LogP contribution is -2.03. The number of nitrogens with zero attached hydrogens (tertiary/aromatic N) is 4. The van der Waals surface area contributed by atoms with Crippen molar-refractivity contribution >= 4 is 23.3 Å². The van der Waals surface area contributed by atoms with Crippen molar-refractivity contribution < 1.29 is 4.79 Å². The molecule has 6 heteroatoms. The van der Waals surface area contributed by atoms with E-state index in [4.69, 9.17) is 0 Å². The second-order valence-corrected chi connectivity index (χ2v) is 7.23. The summed E-state index contributed by atoms with van der Waals surface area (Å²) < 4.78 is 1.71. The molecule has 1 aromatic carbocycles. The van der Waals surface area contributed by atoms with Gasteiger partial charge in [-0.2, -0.15) is 4.98 Å². The third kappa shape index (κ3) is 3.90. The van der Waals surface area contributed by atoms with Crippen molar-refractivity contribution in [2.45, 2.75) is 45.2 Å². The van der Waals surface area contributed by atoms with Gasteiger partial charge in [0.05, 0.1) is 5.75 Å². The molecule has 0 saturated carbocycles. The van der Waals surface area contributed by atoms with E-state index in [1.807, 2.05) is 44.2 Å². The summed E-state index contributed by atoms with van der Waals surface area (Å²) in [5.41, 5.74) is 3.89. The maximum Gasteiger partial charge on any atom is 0.253 e. The number of hydrogen-bond donors (Lipinski definition) is 0. The Morgan fingerprint density at radius 1 is 1.20 bits per heavy atom. The third-order valence-electron chi connectivity index (χ3n) is 4.35. The minimum atomic E-state index is 0.0837. The van der Waals surface area contributed by atoms with Crippen LogP contribution in [0.15, 0.2) is 35.5 Å².